The summed E-state index contributed by atoms with van der Waals surface area (Å²) in [5.74, 6) is 0. The van der Waals surface area contributed by atoms with Crippen LogP contribution in [0.15, 0.2) is 0 Å². The molecule has 0 fully saturated rings. The van der Waals surface area contributed by atoms with Crippen LogP contribution >= 0.6 is 15.9 Å². The lowest BCUT2D eigenvalue weighted by Gasteiger charge is -1.99. The van der Waals surface area contributed by atoms with E-state index in [1.165, 1.54) is 38.6 Å². The fourth-order valence-corrected chi connectivity index (χ4v) is 1.59. The molecular weight excluding hydrogens is 232 g/mol. The van der Waals surface area contributed by atoms with Crippen LogP contribution in [0.4, 0.5) is 0 Å². The lowest BCUT2D eigenvalue weighted by atomic mass is 10.1. The highest BCUT2D eigenvalue weighted by atomic mass is 79.9. The smallest absolute Gasteiger partial charge is 0.417 e. The predicted molar refractivity (Wildman–Crippen MR) is 57.8 cm³/mol. The molecule has 0 rings (SSSR count). The molecule has 0 aliphatic heterocycles. The van der Waals surface area contributed by atoms with Gasteiger partial charge in [0.25, 0.3) is 0 Å². The van der Waals surface area contributed by atoms with E-state index in [1.807, 2.05) is 0 Å². The van der Waals surface area contributed by atoms with Crippen LogP contribution in [0.3, 0.4) is 0 Å². The second kappa shape index (κ2) is 11.9. The monoisotopic (exact) mass is 249 g/mol. The SMILES string of the molecule is O=[C]OCCCCCCCCCBr. The van der Waals surface area contributed by atoms with Crippen LogP contribution in [0.1, 0.15) is 44.9 Å². The first kappa shape index (κ1) is 12.9. The Kier molecular flexibility index (Phi) is 11.9. The molecule has 2 nitrogen and oxygen atoms in total. The summed E-state index contributed by atoms with van der Waals surface area (Å²) in [6.07, 6.45) is 8.63. The van der Waals surface area contributed by atoms with Gasteiger partial charge in [-0.3, -0.25) is 0 Å². The minimum absolute atomic E-state index is 0.533. The van der Waals surface area contributed by atoms with Crippen molar-refractivity contribution in [3.8, 4) is 0 Å². The summed E-state index contributed by atoms with van der Waals surface area (Å²) in [6, 6.07) is 0. The van der Waals surface area contributed by atoms with Crippen molar-refractivity contribution in [1.82, 2.24) is 0 Å². The number of halogens is 1. The maximum atomic E-state index is 9.66. The molecule has 0 aliphatic carbocycles. The van der Waals surface area contributed by atoms with Crippen molar-refractivity contribution in [3.05, 3.63) is 0 Å². The molecule has 1 radical (unpaired) electrons. The first-order chi connectivity index (χ1) is 6.41. The molecule has 0 spiro atoms. The van der Waals surface area contributed by atoms with Gasteiger partial charge in [0.2, 0.25) is 0 Å². The summed E-state index contributed by atoms with van der Waals surface area (Å²) < 4.78 is 4.47. The fourth-order valence-electron chi connectivity index (χ4n) is 1.19. The summed E-state index contributed by atoms with van der Waals surface area (Å²) in [4.78, 5) is 9.66. The van der Waals surface area contributed by atoms with Gasteiger partial charge >= 0.3 is 6.47 Å². The zero-order valence-corrected chi connectivity index (χ0v) is 9.64. The van der Waals surface area contributed by atoms with E-state index in [0.717, 1.165) is 18.2 Å². The highest BCUT2D eigenvalue weighted by Crippen LogP contribution is 2.07. The number of ether oxygens (including phenoxy) is 1. The van der Waals surface area contributed by atoms with E-state index in [1.54, 1.807) is 0 Å². The Morgan fingerprint density at radius 1 is 0.923 bits per heavy atom. The van der Waals surface area contributed by atoms with Crippen LogP contribution in [0.2, 0.25) is 0 Å². The molecule has 0 saturated heterocycles. The Morgan fingerprint density at radius 2 is 1.46 bits per heavy atom. The maximum absolute atomic E-state index is 9.66. The van der Waals surface area contributed by atoms with Crippen LogP contribution in [0, 0.1) is 0 Å². The Morgan fingerprint density at radius 3 is 2.00 bits per heavy atom. The van der Waals surface area contributed by atoms with Crippen LogP contribution in [0.25, 0.3) is 0 Å². The average Bonchev–Trinajstić information content (AvgIpc) is 2.16. The number of hydrogen-bond acceptors (Lipinski definition) is 2. The van der Waals surface area contributed by atoms with E-state index in [2.05, 4.69) is 20.7 Å². The van der Waals surface area contributed by atoms with Crippen molar-refractivity contribution in [2.75, 3.05) is 11.9 Å². The molecule has 0 atom stereocenters. The normalized spacial score (nSPS) is 9.92. The summed E-state index contributed by atoms with van der Waals surface area (Å²) in [7, 11) is 0. The zero-order chi connectivity index (χ0) is 9.78. The molecule has 0 heterocycles. The number of alkyl halides is 1. The van der Waals surface area contributed by atoms with Gasteiger partial charge in [-0.1, -0.05) is 48.0 Å². The minimum atomic E-state index is 0.533. The van der Waals surface area contributed by atoms with Gasteiger partial charge < -0.3 is 4.74 Å². The van der Waals surface area contributed by atoms with Crippen LogP contribution in [0.5, 0.6) is 0 Å². The molecule has 0 bridgehead atoms. The van der Waals surface area contributed by atoms with E-state index in [0.29, 0.717) is 6.61 Å². The third kappa shape index (κ3) is 12.0. The Balaban J connectivity index is 2.79. The Bertz CT molecular complexity index is 107. The summed E-state index contributed by atoms with van der Waals surface area (Å²) in [5.41, 5.74) is 0. The number of unbranched alkanes of at least 4 members (excludes halogenated alkanes) is 6. The third-order valence-corrected chi connectivity index (χ3v) is 2.50. The van der Waals surface area contributed by atoms with Gasteiger partial charge in [-0.25, -0.2) is 4.79 Å². The van der Waals surface area contributed by atoms with Crippen LogP contribution in [-0.2, 0) is 9.53 Å². The molecule has 0 unspecified atom stereocenters. The van der Waals surface area contributed by atoms with E-state index in [4.69, 9.17) is 0 Å². The molecule has 0 N–H and O–H groups in total. The fraction of sp³-hybridized carbons (Fsp3) is 0.900. The summed E-state index contributed by atoms with van der Waals surface area (Å²) in [6.45, 7) is 1.96. The molecule has 0 aromatic rings. The van der Waals surface area contributed by atoms with E-state index in [9.17, 15) is 4.79 Å². The zero-order valence-electron chi connectivity index (χ0n) is 8.06. The molecule has 0 saturated carbocycles. The maximum Gasteiger partial charge on any atom is 0.417 e. The van der Waals surface area contributed by atoms with Crippen molar-refractivity contribution in [2.24, 2.45) is 0 Å². The average molecular weight is 250 g/mol. The molecular formula is C10H18BrO2. The van der Waals surface area contributed by atoms with Gasteiger partial charge in [0.15, 0.2) is 0 Å². The van der Waals surface area contributed by atoms with Crippen molar-refractivity contribution >= 4 is 22.4 Å². The van der Waals surface area contributed by atoms with Crippen LogP contribution in [-0.4, -0.2) is 18.4 Å². The first-order valence-electron chi connectivity index (χ1n) is 4.96. The van der Waals surface area contributed by atoms with Gasteiger partial charge in [0.1, 0.15) is 0 Å². The second-order valence-electron chi connectivity index (χ2n) is 3.10. The standard InChI is InChI=1S/C10H18BrO2/c11-8-6-4-2-1-3-5-7-9-13-10-12/h1-9H2. The molecule has 77 valence electrons. The van der Waals surface area contributed by atoms with Crippen molar-refractivity contribution in [2.45, 2.75) is 44.9 Å². The quantitative estimate of drug-likeness (QED) is 0.439. The van der Waals surface area contributed by atoms with Gasteiger partial charge in [0, 0.05) is 5.33 Å². The number of carbonyl (C=O) groups excluding carboxylic acids is 1. The Hall–Kier alpha value is -0.0500. The second-order valence-corrected chi connectivity index (χ2v) is 3.89. The third-order valence-electron chi connectivity index (χ3n) is 1.94. The lowest BCUT2D eigenvalue weighted by molar-refractivity contribution is 0.268. The number of rotatable bonds is 10. The van der Waals surface area contributed by atoms with E-state index in [-0.39, 0.29) is 0 Å². The molecule has 0 amide bonds. The summed E-state index contributed by atoms with van der Waals surface area (Å²) in [5, 5.41) is 1.12. The largest absolute Gasteiger partial charge is 0.457 e. The molecule has 13 heavy (non-hydrogen) atoms. The highest BCUT2D eigenvalue weighted by Gasteiger charge is 1.91. The molecule has 3 heteroatoms. The molecule has 0 aromatic carbocycles. The Labute approximate surface area is 89.2 Å². The molecule has 0 aromatic heterocycles. The number of hydrogen-bond donors (Lipinski definition) is 0. The summed E-state index contributed by atoms with van der Waals surface area (Å²) >= 11 is 3.41. The highest BCUT2D eigenvalue weighted by molar-refractivity contribution is 9.09. The topological polar surface area (TPSA) is 26.3 Å². The van der Waals surface area contributed by atoms with E-state index < -0.39 is 0 Å². The van der Waals surface area contributed by atoms with Crippen LogP contribution < -0.4 is 0 Å². The predicted octanol–water partition coefficient (Wildman–Crippen LogP) is 3.20. The lowest BCUT2D eigenvalue weighted by Crippen LogP contribution is -1.91. The minimum Gasteiger partial charge on any atom is -0.457 e. The van der Waals surface area contributed by atoms with Crippen molar-refractivity contribution in [1.29, 1.82) is 0 Å². The van der Waals surface area contributed by atoms with Gasteiger partial charge in [0.05, 0.1) is 6.61 Å². The molecule has 0 aliphatic rings. The first-order valence-corrected chi connectivity index (χ1v) is 6.09. The van der Waals surface area contributed by atoms with Gasteiger partial charge in [-0.05, 0) is 12.8 Å². The van der Waals surface area contributed by atoms with Crippen molar-refractivity contribution < 1.29 is 9.53 Å². The van der Waals surface area contributed by atoms with E-state index >= 15 is 0 Å². The van der Waals surface area contributed by atoms with Gasteiger partial charge in [-0.15, -0.1) is 0 Å². The van der Waals surface area contributed by atoms with Gasteiger partial charge in [-0.2, -0.15) is 0 Å². The van der Waals surface area contributed by atoms with Crippen molar-refractivity contribution in [3.63, 3.8) is 0 Å².